The lowest BCUT2D eigenvalue weighted by Crippen LogP contribution is -2.08. The van der Waals surface area contributed by atoms with Crippen LogP contribution >= 0.6 is 15.9 Å². The van der Waals surface area contributed by atoms with Gasteiger partial charge < -0.3 is 10.3 Å². The van der Waals surface area contributed by atoms with Crippen molar-refractivity contribution in [2.45, 2.75) is 0 Å². The number of carbonyl (C=O) groups excluding carboxylic acids is 1. The van der Waals surface area contributed by atoms with E-state index in [0.717, 1.165) is 0 Å². The van der Waals surface area contributed by atoms with E-state index < -0.39 is 0 Å². The Kier molecular flexibility index (Phi) is 2.78. The maximum absolute atomic E-state index is 12.0. The first-order valence-electron chi connectivity index (χ1n) is 4.66. The topological polar surface area (TPSA) is 60.9 Å². The van der Waals surface area contributed by atoms with E-state index in [9.17, 15) is 4.79 Å². The Hall–Kier alpha value is -1.62. The van der Waals surface area contributed by atoms with Gasteiger partial charge in [-0.15, -0.1) is 0 Å². The lowest BCUT2D eigenvalue weighted by Gasteiger charge is -2.03. The molecule has 0 bridgehead atoms. The highest BCUT2D eigenvalue weighted by Crippen LogP contribution is 2.21. The number of benzene rings is 1. The Labute approximate surface area is 101 Å². The maximum Gasteiger partial charge on any atom is 0.228 e. The molecule has 0 unspecified atom stereocenters. The largest absolute Gasteiger partial charge is 0.398 e. The van der Waals surface area contributed by atoms with Crippen molar-refractivity contribution < 1.29 is 4.79 Å². The highest BCUT2D eigenvalue weighted by atomic mass is 79.9. The van der Waals surface area contributed by atoms with Crippen LogP contribution in [0, 0.1) is 0 Å². The Morgan fingerprint density at radius 3 is 2.81 bits per heavy atom. The summed E-state index contributed by atoms with van der Waals surface area (Å²) in [5, 5.41) is 0. The molecule has 0 aliphatic carbocycles. The molecule has 0 aliphatic heterocycles. The summed E-state index contributed by atoms with van der Waals surface area (Å²) < 4.78 is 2.40. The van der Waals surface area contributed by atoms with Gasteiger partial charge in [-0.2, -0.15) is 0 Å². The smallest absolute Gasteiger partial charge is 0.228 e. The average Bonchev–Trinajstić information content (AvgIpc) is 2.67. The van der Waals surface area contributed by atoms with Gasteiger partial charge in [0.2, 0.25) is 5.78 Å². The van der Waals surface area contributed by atoms with E-state index in [1.807, 2.05) is 0 Å². The van der Waals surface area contributed by atoms with Gasteiger partial charge in [-0.3, -0.25) is 4.79 Å². The number of nitrogens with zero attached hydrogens (tertiary/aromatic N) is 2. The molecule has 0 radical (unpaired) electrons. The molecule has 1 heterocycles. The van der Waals surface area contributed by atoms with Gasteiger partial charge in [0.1, 0.15) is 0 Å². The summed E-state index contributed by atoms with van der Waals surface area (Å²) in [4.78, 5) is 16.1. The molecule has 0 amide bonds. The molecule has 16 heavy (non-hydrogen) atoms. The van der Waals surface area contributed by atoms with E-state index in [4.69, 9.17) is 5.73 Å². The van der Waals surface area contributed by atoms with Gasteiger partial charge in [0.25, 0.3) is 0 Å². The fourth-order valence-electron chi connectivity index (χ4n) is 1.38. The van der Waals surface area contributed by atoms with Crippen LogP contribution in [0.2, 0.25) is 0 Å². The summed E-state index contributed by atoms with van der Waals surface area (Å²) in [6.45, 7) is 0. The van der Waals surface area contributed by atoms with E-state index in [-0.39, 0.29) is 5.78 Å². The first-order valence-corrected chi connectivity index (χ1v) is 5.46. The Bertz CT molecular complexity index is 548. The lowest BCUT2D eigenvalue weighted by molar-refractivity contribution is 0.102. The molecule has 0 fully saturated rings. The van der Waals surface area contributed by atoms with Crippen molar-refractivity contribution in [2.24, 2.45) is 7.05 Å². The Balaban J connectivity index is 2.42. The molecule has 0 spiro atoms. The van der Waals surface area contributed by atoms with E-state index in [1.54, 1.807) is 42.2 Å². The second-order valence-electron chi connectivity index (χ2n) is 3.43. The molecule has 82 valence electrons. The van der Waals surface area contributed by atoms with Crippen LogP contribution in [0.5, 0.6) is 0 Å². The highest BCUT2D eigenvalue weighted by Gasteiger charge is 2.14. The van der Waals surface area contributed by atoms with Gasteiger partial charge in [-0.25, -0.2) is 4.98 Å². The maximum atomic E-state index is 12.0. The van der Waals surface area contributed by atoms with Crippen LogP contribution in [0.25, 0.3) is 0 Å². The van der Waals surface area contributed by atoms with E-state index in [0.29, 0.717) is 21.5 Å². The number of aromatic nitrogens is 2. The van der Waals surface area contributed by atoms with Crippen molar-refractivity contribution in [2.75, 3.05) is 5.73 Å². The van der Waals surface area contributed by atoms with Crippen LogP contribution in [0.1, 0.15) is 16.2 Å². The fourth-order valence-corrected chi connectivity index (χ4v) is 1.76. The minimum Gasteiger partial charge on any atom is -0.398 e. The number of carbonyl (C=O) groups is 1. The molecule has 4 nitrogen and oxygen atoms in total. The first-order chi connectivity index (χ1) is 7.59. The van der Waals surface area contributed by atoms with Crippen LogP contribution < -0.4 is 5.73 Å². The third-order valence-electron chi connectivity index (χ3n) is 2.29. The first kappa shape index (κ1) is 10.9. The molecule has 0 aliphatic rings. The summed E-state index contributed by atoms with van der Waals surface area (Å²) in [5.74, 6) is 0.296. The van der Waals surface area contributed by atoms with Crippen LogP contribution in [-0.2, 0) is 7.05 Å². The monoisotopic (exact) mass is 279 g/mol. The van der Waals surface area contributed by atoms with Crippen LogP contribution in [-0.4, -0.2) is 15.3 Å². The number of nitrogen functional groups attached to an aromatic ring is 1. The molecule has 2 aromatic rings. The summed E-state index contributed by atoms with van der Waals surface area (Å²) in [7, 11) is 1.78. The fraction of sp³-hybridized carbons (Fsp3) is 0.0909. The molecule has 0 saturated carbocycles. The van der Waals surface area contributed by atoms with Crippen molar-refractivity contribution in [3.63, 3.8) is 0 Å². The second kappa shape index (κ2) is 4.09. The normalized spacial score (nSPS) is 10.4. The standard InChI is InChI=1S/C11H10BrN3O/c1-15-5-4-14-11(15)10(16)7-2-3-9(13)8(12)6-7/h2-6H,13H2,1H3. The highest BCUT2D eigenvalue weighted by molar-refractivity contribution is 9.10. The molecule has 0 saturated heterocycles. The number of imidazole rings is 1. The van der Waals surface area contributed by atoms with Gasteiger partial charge in [0.05, 0.1) is 0 Å². The van der Waals surface area contributed by atoms with Gasteiger partial charge in [-0.1, -0.05) is 0 Å². The minimum absolute atomic E-state index is 0.117. The Morgan fingerprint density at radius 2 is 2.25 bits per heavy atom. The quantitative estimate of drug-likeness (QED) is 0.676. The molecule has 2 rings (SSSR count). The summed E-state index contributed by atoms with van der Waals surface area (Å²) in [5.41, 5.74) is 6.83. The summed E-state index contributed by atoms with van der Waals surface area (Å²) >= 11 is 3.29. The zero-order valence-corrected chi connectivity index (χ0v) is 10.2. The van der Waals surface area contributed by atoms with E-state index in [1.165, 1.54) is 0 Å². The number of nitrogens with two attached hydrogens (primary N) is 1. The predicted molar refractivity (Wildman–Crippen MR) is 65.2 cm³/mol. The summed E-state index contributed by atoms with van der Waals surface area (Å²) in [6.07, 6.45) is 3.33. The third-order valence-corrected chi connectivity index (χ3v) is 2.97. The van der Waals surface area contributed by atoms with Crippen molar-refractivity contribution in [3.8, 4) is 0 Å². The van der Waals surface area contributed by atoms with Crippen molar-refractivity contribution >= 4 is 27.4 Å². The molecular formula is C11H10BrN3O. The molecule has 0 atom stereocenters. The molecule has 1 aromatic carbocycles. The number of rotatable bonds is 2. The van der Waals surface area contributed by atoms with Crippen molar-refractivity contribution in [1.29, 1.82) is 0 Å². The van der Waals surface area contributed by atoms with Crippen LogP contribution in [0.3, 0.4) is 0 Å². The van der Waals surface area contributed by atoms with Gasteiger partial charge in [-0.05, 0) is 34.1 Å². The van der Waals surface area contributed by atoms with Gasteiger partial charge >= 0.3 is 0 Å². The van der Waals surface area contributed by atoms with Crippen molar-refractivity contribution in [3.05, 3.63) is 46.5 Å². The SMILES string of the molecule is Cn1ccnc1C(=O)c1ccc(N)c(Br)c1. The van der Waals surface area contributed by atoms with Gasteiger partial charge in [0.15, 0.2) is 5.82 Å². The Morgan fingerprint density at radius 1 is 1.50 bits per heavy atom. The predicted octanol–water partition coefficient (Wildman–Crippen LogP) is 2.00. The number of aryl methyl sites for hydroxylation is 1. The molecule has 2 N–H and O–H groups in total. The lowest BCUT2D eigenvalue weighted by atomic mass is 10.1. The van der Waals surface area contributed by atoms with Crippen molar-refractivity contribution in [1.82, 2.24) is 9.55 Å². The number of anilines is 1. The molecule has 5 heteroatoms. The molecular weight excluding hydrogens is 270 g/mol. The van der Waals surface area contributed by atoms with E-state index >= 15 is 0 Å². The second-order valence-corrected chi connectivity index (χ2v) is 4.28. The van der Waals surface area contributed by atoms with E-state index in [2.05, 4.69) is 20.9 Å². The average molecular weight is 280 g/mol. The number of halogens is 1. The number of ketones is 1. The zero-order chi connectivity index (χ0) is 11.7. The third kappa shape index (κ3) is 1.86. The number of hydrogen-bond acceptors (Lipinski definition) is 3. The minimum atomic E-state index is -0.117. The molecule has 1 aromatic heterocycles. The zero-order valence-electron chi connectivity index (χ0n) is 8.64. The number of hydrogen-bond donors (Lipinski definition) is 1. The van der Waals surface area contributed by atoms with Crippen LogP contribution in [0.15, 0.2) is 35.1 Å². The summed E-state index contributed by atoms with van der Waals surface area (Å²) in [6, 6.07) is 5.09. The van der Waals surface area contributed by atoms with Gasteiger partial charge in [0, 0.05) is 35.2 Å². The van der Waals surface area contributed by atoms with Crippen LogP contribution in [0.4, 0.5) is 5.69 Å².